The molecule has 11 nitrogen and oxygen atoms in total. The number of carboxylic acid groups (broad SMARTS) is 1. The number of unbranched alkanes of at least 4 members (excludes halogenated alkanes) is 18. The number of carbonyl (C=O) groups excluding carboxylic acids is 2. The molecule has 4 N–H and O–H groups in total. The van der Waals surface area contributed by atoms with E-state index < -0.39 is 57.6 Å². The molecule has 0 aromatic heterocycles. The first kappa shape index (κ1) is 58.9. The Hall–Kier alpha value is -3.08. The molecule has 0 fully saturated rings. The van der Waals surface area contributed by atoms with Crippen molar-refractivity contribution in [1.82, 2.24) is 5.32 Å². The van der Waals surface area contributed by atoms with Crippen LogP contribution in [0, 0.1) is 0 Å². The number of ether oxygens (including phenoxy) is 1. The average Bonchev–Trinajstić information content (AvgIpc) is 3.25. The number of esters is 1. The number of aliphatic hydroxyl groups excluding tert-OH is 1. The normalized spacial score (nSPS) is 14.3. The van der Waals surface area contributed by atoms with Crippen LogP contribution in [0.4, 0.5) is 0 Å². The van der Waals surface area contributed by atoms with E-state index in [0.717, 1.165) is 83.5 Å². The van der Waals surface area contributed by atoms with Crippen molar-refractivity contribution in [2.45, 2.75) is 206 Å². The maximum atomic E-state index is 12.3. The minimum atomic E-state index is -4.77. The van der Waals surface area contributed by atoms with Crippen molar-refractivity contribution in [1.29, 1.82) is 0 Å². The molecule has 3 unspecified atom stereocenters. The Morgan fingerprint density at radius 1 is 0.532 bits per heavy atom. The van der Waals surface area contributed by atoms with Gasteiger partial charge in [-0.3, -0.25) is 18.6 Å². The van der Waals surface area contributed by atoms with E-state index in [4.69, 9.17) is 13.8 Å². The lowest BCUT2D eigenvalue weighted by molar-refractivity contribution is -0.147. The standard InChI is InChI=1S/C50H86NO10P/c1-3-5-7-9-11-13-15-17-19-20-21-22-23-24-25-26-28-30-32-34-36-38-40-42-49(54)59-43-46(52)44-60-62(57,58)61-45-47(50(55)56)51-48(53)41-39-37-35-33-31-29-27-18-16-14-12-10-8-6-4-2/h5,7,11,13,17,19,21-22,24-25,28,30,46-47,52H,3-4,6,8-10,12,14-16,18,20,23,26-27,29,31-45H2,1-2H3,(H,51,53)(H,55,56)(H,57,58)/b7-5-,13-11-,19-17-,22-21-,25-24-,30-28-. The molecule has 0 radical (unpaired) electrons. The number of phosphoric acid groups is 1. The lowest BCUT2D eigenvalue weighted by Gasteiger charge is -2.18. The molecule has 0 saturated heterocycles. The molecule has 0 aliphatic heterocycles. The predicted octanol–water partition coefficient (Wildman–Crippen LogP) is 12.9. The summed E-state index contributed by atoms with van der Waals surface area (Å²) in [6.07, 6.45) is 53.5. The highest BCUT2D eigenvalue weighted by atomic mass is 31.2. The van der Waals surface area contributed by atoms with Gasteiger partial charge >= 0.3 is 19.8 Å². The number of phosphoric ester groups is 1. The predicted molar refractivity (Wildman–Crippen MR) is 254 cm³/mol. The second-order valence-corrected chi connectivity index (χ2v) is 17.4. The lowest BCUT2D eigenvalue weighted by Crippen LogP contribution is -2.43. The Labute approximate surface area is 376 Å². The zero-order chi connectivity index (χ0) is 45.6. The second kappa shape index (κ2) is 44.5. The fourth-order valence-corrected chi connectivity index (χ4v) is 7.09. The Balaban J connectivity index is 3.91. The van der Waals surface area contributed by atoms with Gasteiger partial charge in [0.1, 0.15) is 12.7 Å². The number of allylic oxidation sites excluding steroid dienone is 12. The molecule has 0 aromatic rings. The minimum Gasteiger partial charge on any atom is -0.480 e. The first-order valence-electron chi connectivity index (χ1n) is 24.0. The van der Waals surface area contributed by atoms with Crippen LogP contribution >= 0.6 is 7.82 Å². The zero-order valence-corrected chi connectivity index (χ0v) is 39.5. The van der Waals surface area contributed by atoms with E-state index in [9.17, 15) is 34.1 Å². The van der Waals surface area contributed by atoms with E-state index in [2.05, 4.69) is 92.1 Å². The van der Waals surface area contributed by atoms with Crippen molar-refractivity contribution in [2.75, 3.05) is 19.8 Å². The molecule has 0 bridgehead atoms. The molecule has 0 heterocycles. The van der Waals surface area contributed by atoms with Gasteiger partial charge in [0.25, 0.3) is 0 Å². The van der Waals surface area contributed by atoms with Gasteiger partial charge in [-0.05, 0) is 64.2 Å². The molecule has 0 aliphatic carbocycles. The molecule has 0 aliphatic rings. The Morgan fingerprint density at radius 2 is 0.935 bits per heavy atom. The largest absolute Gasteiger partial charge is 0.480 e. The first-order chi connectivity index (χ1) is 30.1. The number of aliphatic carboxylic acids is 1. The third kappa shape index (κ3) is 43.6. The number of aliphatic hydroxyl groups is 1. The van der Waals surface area contributed by atoms with E-state index >= 15 is 0 Å². The van der Waals surface area contributed by atoms with Crippen LogP contribution in [-0.2, 0) is 32.7 Å². The lowest BCUT2D eigenvalue weighted by atomic mass is 10.0. The fourth-order valence-electron chi connectivity index (χ4n) is 6.32. The summed E-state index contributed by atoms with van der Waals surface area (Å²) in [6, 6.07) is -1.55. The van der Waals surface area contributed by atoms with Crippen molar-refractivity contribution in [2.24, 2.45) is 0 Å². The number of carboxylic acids is 1. The van der Waals surface area contributed by atoms with Crippen molar-refractivity contribution < 1.29 is 47.8 Å². The van der Waals surface area contributed by atoms with Gasteiger partial charge in [0, 0.05) is 12.8 Å². The highest BCUT2D eigenvalue weighted by Gasteiger charge is 2.28. The molecule has 62 heavy (non-hydrogen) atoms. The van der Waals surface area contributed by atoms with E-state index in [1.807, 2.05) is 0 Å². The number of nitrogens with one attached hydrogen (secondary N) is 1. The van der Waals surface area contributed by atoms with Crippen LogP contribution in [0.2, 0.25) is 0 Å². The molecular formula is C50H86NO10P. The van der Waals surface area contributed by atoms with E-state index in [0.29, 0.717) is 12.8 Å². The summed E-state index contributed by atoms with van der Waals surface area (Å²) in [5, 5.41) is 21.9. The molecule has 1 amide bonds. The third-order valence-corrected chi connectivity index (χ3v) is 11.0. The van der Waals surface area contributed by atoms with Gasteiger partial charge in [-0.1, -0.05) is 189 Å². The van der Waals surface area contributed by atoms with Gasteiger partial charge in [-0.15, -0.1) is 0 Å². The fraction of sp³-hybridized carbons (Fsp3) is 0.700. The van der Waals surface area contributed by atoms with Crippen LogP contribution in [0.3, 0.4) is 0 Å². The number of amides is 1. The summed E-state index contributed by atoms with van der Waals surface area (Å²) in [5.74, 6) is -2.40. The quantitative estimate of drug-likeness (QED) is 0.0200. The molecular weight excluding hydrogens is 806 g/mol. The monoisotopic (exact) mass is 892 g/mol. The summed E-state index contributed by atoms with van der Waals surface area (Å²) in [6.45, 7) is 2.46. The number of hydrogen-bond donors (Lipinski definition) is 4. The number of carbonyl (C=O) groups is 3. The van der Waals surface area contributed by atoms with Gasteiger partial charge in [-0.2, -0.15) is 0 Å². The summed E-state index contributed by atoms with van der Waals surface area (Å²) in [5.41, 5.74) is 0. The summed E-state index contributed by atoms with van der Waals surface area (Å²) in [7, 11) is -4.77. The molecule has 0 aromatic carbocycles. The minimum absolute atomic E-state index is 0.144. The van der Waals surface area contributed by atoms with Gasteiger partial charge in [0.05, 0.1) is 13.2 Å². The van der Waals surface area contributed by atoms with Gasteiger partial charge in [0.15, 0.2) is 6.04 Å². The molecule has 0 saturated carbocycles. The van der Waals surface area contributed by atoms with Crippen LogP contribution in [0.5, 0.6) is 0 Å². The van der Waals surface area contributed by atoms with E-state index in [-0.39, 0.29) is 12.8 Å². The second-order valence-electron chi connectivity index (χ2n) is 15.9. The van der Waals surface area contributed by atoms with Crippen LogP contribution in [0.15, 0.2) is 72.9 Å². The Bertz CT molecular complexity index is 1320. The van der Waals surface area contributed by atoms with Crippen molar-refractivity contribution in [3.05, 3.63) is 72.9 Å². The van der Waals surface area contributed by atoms with Crippen molar-refractivity contribution in [3.8, 4) is 0 Å². The van der Waals surface area contributed by atoms with E-state index in [1.54, 1.807) is 0 Å². The summed E-state index contributed by atoms with van der Waals surface area (Å²) < 4.78 is 26.9. The molecule has 356 valence electrons. The summed E-state index contributed by atoms with van der Waals surface area (Å²) in [4.78, 5) is 46.0. The SMILES string of the molecule is CC/C=C\C/C=C\C/C=C\C/C=C\C/C=C\C/C=C\CCCCCCC(=O)OCC(O)COP(=O)(O)OCC(NC(=O)CCCCCCCCCCCCCCCCC)C(=O)O. The van der Waals surface area contributed by atoms with Crippen LogP contribution in [0.25, 0.3) is 0 Å². The average molecular weight is 892 g/mol. The topological polar surface area (TPSA) is 169 Å². The van der Waals surface area contributed by atoms with E-state index in [1.165, 1.54) is 70.6 Å². The zero-order valence-electron chi connectivity index (χ0n) is 38.6. The molecule has 3 atom stereocenters. The maximum Gasteiger partial charge on any atom is 0.472 e. The first-order valence-corrected chi connectivity index (χ1v) is 25.5. The van der Waals surface area contributed by atoms with Gasteiger partial charge < -0.3 is 25.2 Å². The van der Waals surface area contributed by atoms with Crippen molar-refractivity contribution in [3.63, 3.8) is 0 Å². The number of hydrogen-bond acceptors (Lipinski definition) is 8. The number of rotatable bonds is 44. The molecule has 0 rings (SSSR count). The van der Waals surface area contributed by atoms with Gasteiger partial charge in [0.2, 0.25) is 5.91 Å². The Morgan fingerprint density at radius 3 is 1.40 bits per heavy atom. The van der Waals surface area contributed by atoms with Gasteiger partial charge in [-0.25, -0.2) is 9.36 Å². The third-order valence-electron chi connectivity index (χ3n) is 10.0. The van der Waals surface area contributed by atoms with Crippen LogP contribution < -0.4 is 5.32 Å². The molecule has 0 spiro atoms. The smallest absolute Gasteiger partial charge is 0.472 e. The summed E-state index contributed by atoms with van der Waals surface area (Å²) >= 11 is 0. The van der Waals surface area contributed by atoms with Crippen molar-refractivity contribution >= 4 is 25.7 Å². The highest BCUT2D eigenvalue weighted by molar-refractivity contribution is 7.47. The van der Waals surface area contributed by atoms with Crippen LogP contribution in [0.1, 0.15) is 194 Å². The van der Waals surface area contributed by atoms with Crippen LogP contribution in [-0.4, -0.2) is 64.9 Å². The highest BCUT2D eigenvalue weighted by Crippen LogP contribution is 2.43. The Kier molecular flexibility index (Phi) is 42.3. The molecule has 12 heteroatoms. The maximum absolute atomic E-state index is 12.3.